The van der Waals surface area contributed by atoms with Gasteiger partial charge in [-0.1, -0.05) is 49.4 Å². The van der Waals surface area contributed by atoms with Crippen LogP contribution in [0.4, 0.5) is 0 Å². The molecule has 0 saturated heterocycles. The Bertz CT molecular complexity index is 384. The van der Waals surface area contributed by atoms with Gasteiger partial charge in [0.1, 0.15) is 0 Å². The molecule has 1 aromatic rings. The van der Waals surface area contributed by atoms with Crippen molar-refractivity contribution in [2.45, 2.75) is 51.5 Å². The molecule has 3 heteroatoms. The predicted molar refractivity (Wildman–Crippen MR) is 77.4 cm³/mol. The molecule has 0 radical (unpaired) electrons. The number of benzene rings is 1. The van der Waals surface area contributed by atoms with Crippen LogP contribution in [0.5, 0.6) is 0 Å². The number of halogens is 1. The van der Waals surface area contributed by atoms with Crippen LogP contribution in [0.2, 0.25) is 5.02 Å². The highest BCUT2D eigenvalue weighted by atomic mass is 35.5. The molecule has 1 aliphatic carbocycles. The molecule has 2 rings (SSSR count). The molecule has 1 aromatic carbocycles. The quantitative estimate of drug-likeness (QED) is 0.491. The van der Waals surface area contributed by atoms with Crippen molar-refractivity contribution < 1.29 is 0 Å². The Kier molecular flexibility index (Phi) is 5.04. The average Bonchev–Trinajstić information content (AvgIpc) is 2.64. The summed E-state index contributed by atoms with van der Waals surface area (Å²) in [5, 5.41) is 0.835. The van der Waals surface area contributed by atoms with Crippen LogP contribution in [-0.4, -0.2) is 0 Å². The molecule has 18 heavy (non-hydrogen) atoms. The molecular formula is C15H23ClN2. The molecule has 0 bridgehead atoms. The van der Waals surface area contributed by atoms with Gasteiger partial charge in [0.2, 0.25) is 0 Å². The molecule has 3 N–H and O–H groups in total. The maximum Gasteiger partial charge on any atom is 0.0488 e. The van der Waals surface area contributed by atoms with Gasteiger partial charge in [-0.3, -0.25) is 11.3 Å². The summed E-state index contributed by atoms with van der Waals surface area (Å²) in [4.78, 5) is 0. The van der Waals surface area contributed by atoms with E-state index in [1.54, 1.807) is 0 Å². The van der Waals surface area contributed by atoms with Crippen molar-refractivity contribution in [2.75, 3.05) is 0 Å². The SMILES string of the molecule is Cc1ccc(C(NN)C2CCCCCC2)cc1Cl. The first-order valence-electron chi connectivity index (χ1n) is 6.94. The Morgan fingerprint density at radius 2 is 1.89 bits per heavy atom. The van der Waals surface area contributed by atoms with E-state index in [0.29, 0.717) is 5.92 Å². The van der Waals surface area contributed by atoms with E-state index in [0.717, 1.165) is 10.6 Å². The third kappa shape index (κ3) is 3.25. The third-order valence-corrected chi connectivity index (χ3v) is 4.51. The highest BCUT2D eigenvalue weighted by molar-refractivity contribution is 6.31. The van der Waals surface area contributed by atoms with Crippen LogP contribution in [0.25, 0.3) is 0 Å². The van der Waals surface area contributed by atoms with Crippen LogP contribution in [-0.2, 0) is 0 Å². The van der Waals surface area contributed by atoms with Gasteiger partial charge in [0.25, 0.3) is 0 Å². The smallest absolute Gasteiger partial charge is 0.0488 e. The van der Waals surface area contributed by atoms with Gasteiger partial charge in [-0.2, -0.15) is 0 Å². The van der Waals surface area contributed by atoms with Crippen molar-refractivity contribution in [1.82, 2.24) is 5.43 Å². The van der Waals surface area contributed by atoms with Crippen molar-refractivity contribution in [3.8, 4) is 0 Å². The molecule has 2 nitrogen and oxygen atoms in total. The van der Waals surface area contributed by atoms with Crippen molar-refractivity contribution in [1.29, 1.82) is 0 Å². The summed E-state index contributed by atoms with van der Waals surface area (Å²) >= 11 is 6.22. The second-order valence-corrected chi connectivity index (χ2v) is 5.81. The fourth-order valence-corrected chi connectivity index (χ4v) is 3.14. The zero-order chi connectivity index (χ0) is 13.0. The molecule has 1 unspecified atom stereocenters. The predicted octanol–water partition coefficient (Wildman–Crippen LogP) is 4.12. The summed E-state index contributed by atoms with van der Waals surface area (Å²) in [5.41, 5.74) is 5.35. The minimum Gasteiger partial charge on any atom is -0.271 e. The first-order valence-corrected chi connectivity index (χ1v) is 7.32. The van der Waals surface area contributed by atoms with Crippen LogP contribution in [0.3, 0.4) is 0 Å². The Morgan fingerprint density at radius 3 is 2.44 bits per heavy atom. The van der Waals surface area contributed by atoms with Crippen molar-refractivity contribution in [3.63, 3.8) is 0 Å². The van der Waals surface area contributed by atoms with Crippen molar-refractivity contribution in [2.24, 2.45) is 11.8 Å². The van der Waals surface area contributed by atoms with E-state index >= 15 is 0 Å². The average molecular weight is 267 g/mol. The third-order valence-electron chi connectivity index (χ3n) is 4.11. The van der Waals surface area contributed by atoms with Gasteiger partial charge in [0.15, 0.2) is 0 Å². The van der Waals surface area contributed by atoms with E-state index in [-0.39, 0.29) is 6.04 Å². The van der Waals surface area contributed by atoms with E-state index < -0.39 is 0 Å². The fraction of sp³-hybridized carbons (Fsp3) is 0.600. The van der Waals surface area contributed by atoms with Gasteiger partial charge >= 0.3 is 0 Å². The van der Waals surface area contributed by atoms with Crippen LogP contribution in [0, 0.1) is 12.8 Å². The number of hydrogen-bond donors (Lipinski definition) is 2. The Balaban J connectivity index is 2.17. The molecule has 0 spiro atoms. The molecular weight excluding hydrogens is 244 g/mol. The number of nitrogens with one attached hydrogen (secondary N) is 1. The Hall–Kier alpha value is -0.570. The Labute approximate surface area is 115 Å². The maximum absolute atomic E-state index is 6.22. The second-order valence-electron chi connectivity index (χ2n) is 5.40. The van der Waals surface area contributed by atoms with Gasteiger partial charge in [-0.15, -0.1) is 0 Å². The topological polar surface area (TPSA) is 38.0 Å². The number of hydrazine groups is 1. The van der Waals surface area contributed by atoms with E-state index in [1.165, 1.54) is 44.1 Å². The number of hydrogen-bond acceptors (Lipinski definition) is 2. The van der Waals surface area contributed by atoms with E-state index in [2.05, 4.69) is 23.6 Å². The molecule has 1 aliphatic rings. The summed E-state index contributed by atoms with van der Waals surface area (Å²) in [6, 6.07) is 6.53. The zero-order valence-corrected chi connectivity index (χ0v) is 11.8. The molecule has 100 valence electrons. The molecule has 0 amide bonds. The van der Waals surface area contributed by atoms with E-state index in [1.807, 2.05) is 6.92 Å². The number of rotatable bonds is 3. The van der Waals surface area contributed by atoms with Crippen LogP contribution in [0.15, 0.2) is 18.2 Å². The molecule has 0 heterocycles. The lowest BCUT2D eigenvalue weighted by Gasteiger charge is -2.26. The molecule has 1 saturated carbocycles. The summed E-state index contributed by atoms with van der Waals surface area (Å²) in [6.07, 6.45) is 7.90. The highest BCUT2D eigenvalue weighted by Gasteiger charge is 2.23. The van der Waals surface area contributed by atoms with Crippen LogP contribution < -0.4 is 11.3 Å². The minimum absolute atomic E-state index is 0.237. The molecule has 1 fully saturated rings. The van der Waals surface area contributed by atoms with Gasteiger partial charge in [-0.05, 0) is 42.9 Å². The number of nitrogens with two attached hydrogens (primary N) is 1. The monoisotopic (exact) mass is 266 g/mol. The summed E-state index contributed by atoms with van der Waals surface area (Å²) in [7, 11) is 0. The van der Waals surface area contributed by atoms with Crippen LogP contribution in [0.1, 0.15) is 55.7 Å². The summed E-state index contributed by atoms with van der Waals surface area (Å²) < 4.78 is 0. The lowest BCUT2D eigenvalue weighted by molar-refractivity contribution is 0.329. The van der Waals surface area contributed by atoms with Crippen molar-refractivity contribution >= 4 is 11.6 Å². The highest BCUT2D eigenvalue weighted by Crippen LogP contribution is 2.34. The minimum atomic E-state index is 0.237. The Morgan fingerprint density at radius 1 is 1.22 bits per heavy atom. The molecule has 1 atom stereocenters. The van der Waals surface area contributed by atoms with Gasteiger partial charge in [0.05, 0.1) is 0 Å². The molecule has 0 aliphatic heterocycles. The second kappa shape index (κ2) is 6.55. The first kappa shape index (κ1) is 13.9. The zero-order valence-electron chi connectivity index (χ0n) is 11.1. The van der Waals surface area contributed by atoms with E-state index in [4.69, 9.17) is 17.4 Å². The van der Waals surface area contributed by atoms with E-state index in [9.17, 15) is 0 Å². The van der Waals surface area contributed by atoms with Gasteiger partial charge in [0, 0.05) is 11.1 Å². The number of aryl methyl sites for hydroxylation is 1. The fourth-order valence-electron chi connectivity index (χ4n) is 2.95. The normalized spacial score (nSPS) is 19.5. The van der Waals surface area contributed by atoms with Gasteiger partial charge < -0.3 is 0 Å². The summed E-state index contributed by atoms with van der Waals surface area (Å²) in [6.45, 7) is 2.03. The molecule has 0 aromatic heterocycles. The maximum atomic E-state index is 6.22. The standard InChI is InChI=1S/C15H23ClN2/c1-11-8-9-13(10-14(11)16)15(18-17)12-6-4-2-3-5-7-12/h8-10,12,15,18H,2-7,17H2,1H3. The lowest BCUT2D eigenvalue weighted by atomic mass is 9.87. The van der Waals surface area contributed by atoms with Crippen LogP contribution >= 0.6 is 11.6 Å². The van der Waals surface area contributed by atoms with Crippen molar-refractivity contribution in [3.05, 3.63) is 34.3 Å². The first-order chi connectivity index (χ1) is 8.72. The largest absolute Gasteiger partial charge is 0.271 e. The van der Waals surface area contributed by atoms with Gasteiger partial charge in [-0.25, -0.2) is 0 Å². The lowest BCUT2D eigenvalue weighted by Crippen LogP contribution is -2.33. The summed E-state index contributed by atoms with van der Waals surface area (Å²) in [5.74, 6) is 6.42.